The second-order valence-electron chi connectivity index (χ2n) is 5.31. The lowest BCUT2D eigenvalue weighted by atomic mass is 9.86. The molecule has 0 aromatic heterocycles. The van der Waals surface area contributed by atoms with Crippen molar-refractivity contribution in [1.29, 1.82) is 0 Å². The van der Waals surface area contributed by atoms with Crippen LogP contribution in [-0.2, 0) is 4.74 Å². The quantitative estimate of drug-likeness (QED) is 0.708. The third-order valence-electron chi connectivity index (χ3n) is 3.98. The lowest BCUT2D eigenvalue weighted by Gasteiger charge is -2.43. The predicted molar refractivity (Wildman–Crippen MR) is 88.1 cm³/mol. The highest BCUT2D eigenvalue weighted by molar-refractivity contribution is 14.1. The highest BCUT2D eigenvalue weighted by Crippen LogP contribution is 2.38. The monoisotopic (exact) mass is 390 g/mol. The number of thioether (sulfide) groups is 1. The SMILES string of the molecule is Ic1ccccc1OC1CCOC2(CCSCC2)C1. The summed E-state index contributed by atoms with van der Waals surface area (Å²) in [6.07, 6.45) is 4.75. The van der Waals surface area contributed by atoms with Crippen LogP contribution in [0.2, 0.25) is 0 Å². The molecule has 3 rings (SSSR count). The molecule has 0 amide bonds. The first-order valence-corrected chi connectivity index (χ1v) is 9.14. The number of hydrogen-bond acceptors (Lipinski definition) is 3. The molecule has 1 unspecified atom stereocenters. The number of halogens is 1. The Morgan fingerprint density at radius 3 is 2.84 bits per heavy atom. The maximum absolute atomic E-state index is 6.22. The Balaban J connectivity index is 1.67. The summed E-state index contributed by atoms with van der Waals surface area (Å²) in [5.74, 6) is 3.49. The lowest BCUT2D eigenvalue weighted by Crippen LogP contribution is -2.46. The van der Waals surface area contributed by atoms with Crippen molar-refractivity contribution in [3.05, 3.63) is 27.8 Å². The molecule has 2 aliphatic rings. The van der Waals surface area contributed by atoms with Crippen molar-refractivity contribution in [3.63, 3.8) is 0 Å². The zero-order chi connectivity index (χ0) is 13.1. The fraction of sp³-hybridized carbons (Fsp3) is 0.600. The smallest absolute Gasteiger partial charge is 0.133 e. The van der Waals surface area contributed by atoms with E-state index < -0.39 is 0 Å². The Morgan fingerprint density at radius 2 is 2.05 bits per heavy atom. The normalized spacial score (nSPS) is 26.3. The van der Waals surface area contributed by atoms with Crippen molar-refractivity contribution in [2.24, 2.45) is 0 Å². The molecule has 0 bridgehead atoms. The number of para-hydroxylation sites is 1. The molecule has 1 atom stereocenters. The van der Waals surface area contributed by atoms with Crippen LogP contribution in [0, 0.1) is 3.57 Å². The van der Waals surface area contributed by atoms with Gasteiger partial charge in [-0.1, -0.05) is 12.1 Å². The topological polar surface area (TPSA) is 18.5 Å². The second-order valence-corrected chi connectivity index (χ2v) is 7.69. The first-order chi connectivity index (χ1) is 9.27. The van der Waals surface area contributed by atoms with Crippen LogP contribution in [0.15, 0.2) is 24.3 Å². The minimum absolute atomic E-state index is 0.106. The van der Waals surface area contributed by atoms with Crippen molar-refractivity contribution < 1.29 is 9.47 Å². The molecule has 2 aliphatic heterocycles. The van der Waals surface area contributed by atoms with Crippen molar-refractivity contribution in [1.82, 2.24) is 0 Å². The van der Waals surface area contributed by atoms with Gasteiger partial charge in [0.25, 0.3) is 0 Å². The molecule has 0 radical (unpaired) electrons. The van der Waals surface area contributed by atoms with Crippen LogP contribution in [0.3, 0.4) is 0 Å². The summed E-state index contributed by atoms with van der Waals surface area (Å²) in [6.45, 7) is 0.846. The van der Waals surface area contributed by atoms with E-state index in [9.17, 15) is 0 Å². The summed E-state index contributed by atoms with van der Waals surface area (Å²) in [5.41, 5.74) is 0.106. The van der Waals surface area contributed by atoms with E-state index in [-0.39, 0.29) is 5.60 Å². The number of benzene rings is 1. The Morgan fingerprint density at radius 1 is 1.26 bits per heavy atom. The molecular formula is C15H19IO2S. The van der Waals surface area contributed by atoms with Crippen LogP contribution in [0.25, 0.3) is 0 Å². The minimum Gasteiger partial charge on any atom is -0.489 e. The molecule has 1 aromatic carbocycles. The molecule has 2 fully saturated rings. The number of rotatable bonds is 2. The van der Waals surface area contributed by atoms with Crippen LogP contribution in [-0.4, -0.2) is 29.8 Å². The Bertz CT molecular complexity index is 426. The molecular weight excluding hydrogens is 371 g/mol. The number of hydrogen-bond donors (Lipinski definition) is 0. The van der Waals surface area contributed by atoms with E-state index in [0.717, 1.165) is 25.2 Å². The molecule has 0 saturated carbocycles. The van der Waals surface area contributed by atoms with Gasteiger partial charge in [-0.05, 0) is 59.1 Å². The average Bonchev–Trinajstić information content (AvgIpc) is 2.42. The Labute approximate surface area is 132 Å². The summed E-state index contributed by atoms with van der Waals surface area (Å²) in [5, 5.41) is 0. The van der Waals surface area contributed by atoms with Crippen LogP contribution < -0.4 is 4.74 Å². The molecule has 104 valence electrons. The molecule has 19 heavy (non-hydrogen) atoms. The van der Waals surface area contributed by atoms with Crippen molar-refractivity contribution in [3.8, 4) is 5.75 Å². The van der Waals surface area contributed by atoms with E-state index >= 15 is 0 Å². The van der Waals surface area contributed by atoms with Crippen LogP contribution in [0.1, 0.15) is 25.7 Å². The van der Waals surface area contributed by atoms with E-state index in [1.807, 2.05) is 17.8 Å². The summed E-state index contributed by atoms with van der Waals surface area (Å²) in [6, 6.07) is 8.27. The van der Waals surface area contributed by atoms with Gasteiger partial charge in [0.05, 0.1) is 15.8 Å². The summed E-state index contributed by atoms with van der Waals surface area (Å²) in [7, 11) is 0. The van der Waals surface area contributed by atoms with Gasteiger partial charge in [-0.15, -0.1) is 0 Å². The fourth-order valence-corrected chi connectivity index (χ4v) is 4.65. The first kappa shape index (κ1) is 14.0. The molecule has 0 N–H and O–H groups in total. The van der Waals surface area contributed by atoms with E-state index in [0.29, 0.717) is 6.10 Å². The van der Waals surface area contributed by atoms with Crippen LogP contribution in [0.4, 0.5) is 0 Å². The van der Waals surface area contributed by atoms with Crippen molar-refractivity contribution in [2.45, 2.75) is 37.4 Å². The van der Waals surface area contributed by atoms with Gasteiger partial charge in [0, 0.05) is 12.8 Å². The zero-order valence-corrected chi connectivity index (χ0v) is 13.9. The van der Waals surface area contributed by atoms with Gasteiger partial charge >= 0.3 is 0 Å². The molecule has 2 heterocycles. The molecule has 0 aliphatic carbocycles. The highest BCUT2D eigenvalue weighted by Gasteiger charge is 2.39. The van der Waals surface area contributed by atoms with Gasteiger partial charge in [-0.25, -0.2) is 0 Å². The van der Waals surface area contributed by atoms with Gasteiger partial charge in [-0.3, -0.25) is 0 Å². The van der Waals surface area contributed by atoms with Gasteiger partial charge in [0.15, 0.2) is 0 Å². The molecule has 1 spiro atoms. The summed E-state index contributed by atoms with van der Waals surface area (Å²) < 4.78 is 13.5. The van der Waals surface area contributed by atoms with Gasteiger partial charge in [0.2, 0.25) is 0 Å². The molecule has 4 heteroatoms. The average molecular weight is 390 g/mol. The first-order valence-electron chi connectivity index (χ1n) is 6.90. The van der Waals surface area contributed by atoms with E-state index in [1.54, 1.807) is 0 Å². The van der Waals surface area contributed by atoms with Gasteiger partial charge in [-0.2, -0.15) is 11.8 Å². The molecule has 1 aromatic rings. The van der Waals surface area contributed by atoms with Crippen molar-refractivity contribution in [2.75, 3.05) is 18.1 Å². The maximum Gasteiger partial charge on any atom is 0.133 e. The Kier molecular flexibility index (Phi) is 4.59. The second kappa shape index (κ2) is 6.22. The van der Waals surface area contributed by atoms with Crippen LogP contribution >= 0.6 is 34.4 Å². The summed E-state index contributed by atoms with van der Waals surface area (Å²) >= 11 is 4.39. The third kappa shape index (κ3) is 3.39. The van der Waals surface area contributed by atoms with Gasteiger partial charge in [0.1, 0.15) is 11.9 Å². The predicted octanol–water partition coefficient (Wildman–Crippen LogP) is 4.11. The lowest BCUT2D eigenvalue weighted by molar-refractivity contribution is -0.116. The largest absolute Gasteiger partial charge is 0.489 e. The third-order valence-corrected chi connectivity index (χ3v) is 5.86. The summed E-state index contributed by atoms with van der Waals surface area (Å²) in [4.78, 5) is 0. The zero-order valence-electron chi connectivity index (χ0n) is 10.9. The van der Waals surface area contributed by atoms with E-state index in [4.69, 9.17) is 9.47 Å². The highest BCUT2D eigenvalue weighted by atomic mass is 127. The standard InChI is InChI=1S/C15H19IO2S/c16-13-3-1-2-4-14(13)18-12-5-8-17-15(11-12)6-9-19-10-7-15/h1-4,12H,5-11H2. The van der Waals surface area contributed by atoms with Gasteiger partial charge < -0.3 is 9.47 Å². The van der Waals surface area contributed by atoms with Crippen LogP contribution in [0.5, 0.6) is 5.75 Å². The maximum atomic E-state index is 6.22. The van der Waals surface area contributed by atoms with Crippen molar-refractivity contribution >= 4 is 34.4 Å². The molecule has 2 nitrogen and oxygen atoms in total. The fourth-order valence-electron chi connectivity index (χ4n) is 2.90. The minimum atomic E-state index is 0.106. The Hall–Kier alpha value is 0.0600. The molecule has 2 saturated heterocycles. The number of ether oxygens (including phenoxy) is 2. The van der Waals surface area contributed by atoms with E-state index in [1.165, 1.54) is 27.9 Å². The van der Waals surface area contributed by atoms with E-state index in [2.05, 4.69) is 40.8 Å².